The van der Waals surface area contributed by atoms with Crippen molar-refractivity contribution in [1.82, 2.24) is 0 Å². The van der Waals surface area contributed by atoms with Crippen LogP contribution in [0.3, 0.4) is 0 Å². The highest BCUT2D eigenvalue weighted by atomic mass is 19.4. The van der Waals surface area contributed by atoms with Crippen molar-refractivity contribution in [2.45, 2.75) is 39.5 Å². The third-order valence-electron chi connectivity index (χ3n) is 1.92. The summed E-state index contributed by atoms with van der Waals surface area (Å²) in [5.41, 5.74) is 0. The maximum absolute atomic E-state index is 12.0. The van der Waals surface area contributed by atoms with Crippen molar-refractivity contribution in [3.05, 3.63) is 0 Å². The molecule has 0 saturated carbocycles. The summed E-state index contributed by atoms with van der Waals surface area (Å²) in [6.45, 7) is 4.49. The molecule has 0 fully saturated rings. The van der Waals surface area contributed by atoms with Gasteiger partial charge in [-0.2, -0.15) is 13.2 Å². The van der Waals surface area contributed by atoms with Crippen LogP contribution in [-0.2, 0) is 0 Å². The summed E-state index contributed by atoms with van der Waals surface area (Å²) in [6.07, 6.45) is -5.25. The van der Waals surface area contributed by atoms with E-state index in [-0.39, 0.29) is 12.3 Å². The van der Waals surface area contributed by atoms with Gasteiger partial charge in [0.1, 0.15) is 0 Å². The van der Waals surface area contributed by atoms with Gasteiger partial charge >= 0.3 is 6.18 Å². The fourth-order valence-electron chi connectivity index (χ4n) is 0.768. The largest absolute Gasteiger partial charge is 0.393 e. The fourth-order valence-corrected chi connectivity index (χ4v) is 0.768. The molecule has 0 rings (SSSR count). The Bertz CT molecular complexity index is 131. The molecule has 0 spiro atoms. The van der Waals surface area contributed by atoms with Crippen molar-refractivity contribution in [3.8, 4) is 0 Å². The van der Waals surface area contributed by atoms with Crippen LogP contribution in [0.1, 0.15) is 27.2 Å². The highest BCUT2D eigenvalue weighted by molar-refractivity contribution is 4.69. The molecule has 0 radical (unpaired) electrons. The molecule has 1 N–H and O–H groups in total. The quantitative estimate of drug-likeness (QED) is 0.714. The van der Waals surface area contributed by atoms with Crippen LogP contribution in [0.4, 0.5) is 13.2 Å². The molecule has 0 aliphatic heterocycles. The zero-order chi connectivity index (χ0) is 9.94. The molecule has 4 heteroatoms. The van der Waals surface area contributed by atoms with Gasteiger partial charge in [0.15, 0.2) is 0 Å². The van der Waals surface area contributed by atoms with E-state index in [9.17, 15) is 13.2 Å². The summed E-state index contributed by atoms with van der Waals surface area (Å²) in [5.74, 6) is -1.54. The first kappa shape index (κ1) is 11.8. The lowest BCUT2D eigenvalue weighted by molar-refractivity contribution is -0.177. The number of hydrogen-bond acceptors (Lipinski definition) is 1. The predicted molar refractivity (Wildman–Crippen MR) is 40.7 cm³/mol. The maximum Gasteiger partial charge on any atom is 0.391 e. The SMILES string of the molecule is CC(C)C(O)CC(C)C(F)(F)F. The highest BCUT2D eigenvalue weighted by Crippen LogP contribution is 2.30. The van der Waals surface area contributed by atoms with Crippen LogP contribution < -0.4 is 0 Å². The van der Waals surface area contributed by atoms with E-state index in [1.165, 1.54) is 0 Å². The highest BCUT2D eigenvalue weighted by Gasteiger charge is 2.37. The van der Waals surface area contributed by atoms with Gasteiger partial charge in [-0.15, -0.1) is 0 Å². The predicted octanol–water partition coefficient (Wildman–Crippen LogP) is 2.59. The number of aliphatic hydroxyl groups is 1. The van der Waals surface area contributed by atoms with Crippen molar-refractivity contribution < 1.29 is 18.3 Å². The van der Waals surface area contributed by atoms with E-state index in [0.717, 1.165) is 6.92 Å². The van der Waals surface area contributed by atoms with E-state index < -0.39 is 18.2 Å². The van der Waals surface area contributed by atoms with E-state index in [4.69, 9.17) is 5.11 Å². The summed E-state index contributed by atoms with van der Waals surface area (Å²) in [7, 11) is 0. The fraction of sp³-hybridized carbons (Fsp3) is 1.00. The molecule has 0 aromatic rings. The Balaban J connectivity index is 3.93. The van der Waals surface area contributed by atoms with Gasteiger partial charge in [-0.25, -0.2) is 0 Å². The minimum Gasteiger partial charge on any atom is -0.393 e. The topological polar surface area (TPSA) is 20.2 Å². The second-order valence-corrected chi connectivity index (χ2v) is 3.49. The molecule has 2 atom stereocenters. The minimum atomic E-state index is -4.18. The van der Waals surface area contributed by atoms with E-state index >= 15 is 0 Å². The van der Waals surface area contributed by atoms with Crippen molar-refractivity contribution in [3.63, 3.8) is 0 Å². The molecule has 0 aliphatic rings. The third kappa shape index (κ3) is 3.95. The van der Waals surface area contributed by atoms with Crippen molar-refractivity contribution >= 4 is 0 Å². The molecular formula is C8H15F3O. The molecule has 0 bridgehead atoms. The van der Waals surface area contributed by atoms with Crippen LogP contribution in [0.2, 0.25) is 0 Å². The van der Waals surface area contributed by atoms with Gasteiger partial charge in [0.25, 0.3) is 0 Å². The summed E-state index contributed by atoms with van der Waals surface area (Å²) in [4.78, 5) is 0. The van der Waals surface area contributed by atoms with E-state index in [0.29, 0.717) is 0 Å². The molecular weight excluding hydrogens is 169 g/mol. The van der Waals surface area contributed by atoms with E-state index in [2.05, 4.69) is 0 Å². The summed E-state index contributed by atoms with van der Waals surface area (Å²) in [6, 6.07) is 0. The second kappa shape index (κ2) is 4.12. The van der Waals surface area contributed by atoms with Crippen LogP contribution in [0.25, 0.3) is 0 Å². The second-order valence-electron chi connectivity index (χ2n) is 3.49. The van der Waals surface area contributed by atoms with Gasteiger partial charge in [0.05, 0.1) is 12.0 Å². The lowest BCUT2D eigenvalue weighted by Gasteiger charge is -2.21. The summed E-state index contributed by atoms with van der Waals surface area (Å²) in [5, 5.41) is 9.16. The first-order valence-electron chi connectivity index (χ1n) is 4.00. The van der Waals surface area contributed by atoms with Gasteiger partial charge < -0.3 is 5.11 Å². The Morgan fingerprint density at radius 3 is 1.83 bits per heavy atom. The molecule has 74 valence electrons. The number of rotatable bonds is 3. The molecule has 12 heavy (non-hydrogen) atoms. The number of alkyl halides is 3. The molecule has 0 amide bonds. The molecule has 0 aliphatic carbocycles. The van der Waals surface area contributed by atoms with Crippen LogP contribution in [0, 0.1) is 11.8 Å². The average Bonchev–Trinajstić information content (AvgIpc) is 1.85. The smallest absolute Gasteiger partial charge is 0.391 e. The zero-order valence-corrected chi connectivity index (χ0v) is 7.52. The van der Waals surface area contributed by atoms with Gasteiger partial charge in [0.2, 0.25) is 0 Å². The summed E-state index contributed by atoms with van der Waals surface area (Å²) >= 11 is 0. The Morgan fingerprint density at radius 2 is 1.58 bits per heavy atom. The Hall–Kier alpha value is -0.250. The molecule has 0 aromatic carbocycles. The van der Waals surface area contributed by atoms with Crippen LogP contribution in [0.15, 0.2) is 0 Å². The minimum absolute atomic E-state index is 0.116. The van der Waals surface area contributed by atoms with Gasteiger partial charge in [-0.05, 0) is 12.3 Å². The Kier molecular flexibility index (Phi) is 4.03. The first-order chi connectivity index (χ1) is 5.25. The van der Waals surface area contributed by atoms with Gasteiger partial charge in [0, 0.05) is 0 Å². The van der Waals surface area contributed by atoms with Crippen LogP contribution >= 0.6 is 0 Å². The average molecular weight is 184 g/mol. The Morgan fingerprint density at radius 1 is 1.17 bits per heavy atom. The van der Waals surface area contributed by atoms with Gasteiger partial charge in [-0.3, -0.25) is 0 Å². The van der Waals surface area contributed by atoms with Gasteiger partial charge in [-0.1, -0.05) is 20.8 Å². The zero-order valence-electron chi connectivity index (χ0n) is 7.52. The standard InChI is InChI=1S/C8H15F3O/c1-5(2)7(12)4-6(3)8(9,10)11/h5-7,12H,4H2,1-3H3. The molecule has 1 nitrogen and oxygen atoms in total. The monoisotopic (exact) mass is 184 g/mol. The molecule has 0 heterocycles. The Labute approximate surface area is 70.6 Å². The summed E-state index contributed by atoms with van der Waals surface area (Å²) < 4.78 is 35.9. The van der Waals surface area contributed by atoms with Crippen molar-refractivity contribution in [2.24, 2.45) is 11.8 Å². The van der Waals surface area contributed by atoms with Crippen LogP contribution in [-0.4, -0.2) is 17.4 Å². The first-order valence-corrected chi connectivity index (χ1v) is 4.00. The normalized spacial score (nSPS) is 18.0. The van der Waals surface area contributed by atoms with Crippen LogP contribution in [0.5, 0.6) is 0 Å². The lowest BCUT2D eigenvalue weighted by atomic mass is 9.96. The maximum atomic E-state index is 12.0. The van der Waals surface area contributed by atoms with E-state index in [1.807, 2.05) is 0 Å². The molecule has 0 aromatic heterocycles. The lowest BCUT2D eigenvalue weighted by Crippen LogP contribution is -2.27. The molecule has 2 unspecified atom stereocenters. The third-order valence-corrected chi connectivity index (χ3v) is 1.92. The number of hydrogen-bond donors (Lipinski definition) is 1. The van der Waals surface area contributed by atoms with E-state index in [1.54, 1.807) is 13.8 Å². The molecule has 0 saturated heterocycles. The number of aliphatic hydroxyl groups excluding tert-OH is 1. The van der Waals surface area contributed by atoms with Crippen molar-refractivity contribution in [1.29, 1.82) is 0 Å². The van der Waals surface area contributed by atoms with Crippen molar-refractivity contribution in [2.75, 3.05) is 0 Å². The number of halogens is 3.